The van der Waals surface area contributed by atoms with Crippen LogP contribution in [0.3, 0.4) is 0 Å². The highest BCUT2D eigenvalue weighted by Gasteiger charge is 2.23. The molecule has 2 fully saturated rings. The molecule has 1 aromatic heterocycles. The van der Waals surface area contributed by atoms with E-state index < -0.39 is 0 Å². The Labute approximate surface area is 161 Å². The van der Waals surface area contributed by atoms with Crippen LogP contribution in [-0.4, -0.2) is 59.5 Å². The van der Waals surface area contributed by atoms with Crippen molar-refractivity contribution < 1.29 is 14.1 Å². The Hall–Kier alpha value is -1.89. The number of hydrogen-bond donors (Lipinski definition) is 1. The van der Waals surface area contributed by atoms with Crippen molar-refractivity contribution in [2.24, 2.45) is 5.92 Å². The van der Waals surface area contributed by atoms with Crippen LogP contribution < -0.4 is 5.32 Å². The zero-order valence-corrected chi connectivity index (χ0v) is 16.4. The number of rotatable bonds is 7. The van der Waals surface area contributed by atoms with Crippen LogP contribution in [0.25, 0.3) is 0 Å². The van der Waals surface area contributed by atoms with E-state index in [9.17, 15) is 9.59 Å². The van der Waals surface area contributed by atoms with Gasteiger partial charge in [0.05, 0.1) is 6.54 Å². The van der Waals surface area contributed by atoms with Gasteiger partial charge >= 0.3 is 0 Å². The summed E-state index contributed by atoms with van der Waals surface area (Å²) < 4.78 is 4.94. The number of aryl methyl sites for hydroxylation is 1. The van der Waals surface area contributed by atoms with Crippen molar-refractivity contribution in [1.29, 1.82) is 0 Å². The molecule has 0 unspecified atom stereocenters. The van der Waals surface area contributed by atoms with E-state index in [1.165, 1.54) is 38.5 Å². The minimum absolute atomic E-state index is 0.101. The molecule has 150 valence electrons. The van der Waals surface area contributed by atoms with Crippen LogP contribution in [0.15, 0.2) is 10.6 Å². The smallest absolute Gasteiger partial charge is 0.239 e. The van der Waals surface area contributed by atoms with Gasteiger partial charge in [-0.3, -0.25) is 14.5 Å². The van der Waals surface area contributed by atoms with E-state index >= 15 is 0 Å². The van der Waals surface area contributed by atoms with Gasteiger partial charge in [0.1, 0.15) is 5.76 Å². The number of carbonyl (C=O) groups excluding carboxylic acids is 2. The first-order chi connectivity index (χ1) is 13.1. The lowest BCUT2D eigenvalue weighted by atomic mass is 9.86. The zero-order valence-electron chi connectivity index (χ0n) is 16.4. The molecule has 1 aliphatic heterocycles. The van der Waals surface area contributed by atoms with E-state index in [4.69, 9.17) is 4.52 Å². The predicted octanol–water partition coefficient (Wildman–Crippen LogP) is 2.82. The fourth-order valence-corrected chi connectivity index (χ4v) is 4.14. The summed E-state index contributed by atoms with van der Waals surface area (Å²) in [4.78, 5) is 28.5. The molecule has 1 aliphatic carbocycles. The zero-order chi connectivity index (χ0) is 19.1. The third kappa shape index (κ3) is 6.34. The first-order valence-corrected chi connectivity index (χ1v) is 10.3. The molecule has 0 radical (unpaired) electrons. The van der Waals surface area contributed by atoms with Gasteiger partial charge in [-0.1, -0.05) is 37.3 Å². The molecule has 0 aromatic carbocycles. The highest BCUT2D eigenvalue weighted by Crippen LogP contribution is 2.27. The Morgan fingerprint density at radius 1 is 1.19 bits per heavy atom. The largest absolute Gasteiger partial charge is 0.360 e. The van der Waals surface area contributed by atoms with Crippen molar-refractivity contribution >= 4 is 17.6 Å². The maximum Gasteiger partial charge on any atom is 0.239 e. The maximum absolute atomic E-state index is 12.4. The van der Waals surface area contributed by atoms with Crippen LogP contribution in [0.4, 0.5) is 5.82 Å². The summed E-state index contributed by atoms with van der Waals surface area (Å²) in [6.07, 6.45) is 9.70. The van der Waals surface area contributed by atoms with E-state index in [2.05, 4.69) is 15.4 Å². The number of aromatic nitrogens is 1. The lowest BCUT2D eigenvalue weighted by Gasteiger charge is -2.34. The van der Waals surface area contributed by atoms with Gasteiger partial charge in [-0.2, -0.15) is 0 Å². The number of hydrogen-bond acceptors (Lipinski definition) is 5. The quantitative estimate of drug-likeness (QED) is 0.792. The number of nitrogens with zero attached hydrogens (tertiary/aromatic N) is 3. The van der Waals surface area contributed by atoms with Gasteiger partial charge in [-0.25, -0.2) is 0 Å². The van der Waals surface area contributed by atoms with Crippen LogP contribution in [0.2, 0.25) is 0 Å². The second-order valence-corrected chi connectivity index (χ2v) is 7.92. The predicted molar refractivity (Wildman–Crippen MR) is 103 cm³/mol. The minimum Gasteiger partial charge on any atom is -0.360 e. The maximum atomic E-state index is 12.4. The van der Waals surface area contributed by atoms with E-state index in [1.807, 2.05) is 4.90 Å². The lowest BCUT2D eigenvalue weighted by Crippen LogP contribution is -2.50. The second kappa shape index (κ2) is 9.88. The molecule has 1 N–H and O–H groups in total. The summed E-state index contributed by atoms with van der Waals surface area (Å²) in [6, 6.07) is 1.70. The molecule has 1 saturated heterocycles. The Morgan fingerprint density at radius 2 is 1.93 bits per heavy atom. The van der Waals surface area contributed by atoms with Crippen molar-refractivity contribution in [1.82, 2.24) is 15.0 Å². The summed E-state index contributed by atoms with van der Waals surface area (Å²) in [5.74, 6) is 2.13. The second-order valence-electron chi connectivity index (χ2n) is 7.92. The third-order valence-electron chi connectivity index (χ3n) is 5.72. The SMILES string of the molecule is Cc1cc(NC(=O)CN2CCN(C(=O)CCCC3CCCCC3)CC2)no1. The van der Waals surface area contributed by atoms with Crippen LogP contribution >= 0.6 is 0 Å². The molecule has 7 nitrogen and oxygen atoms in total. The summed E-state index contributed by atoms with van der Waals surface area (Å²) in [6.45, 7) is 4.99. The molecular weight excluding hydrogens is 344 g/mol. The van der Waals surface area contributed by atoms with Crippen molar-refractivity contribution in [3.63, 3.8) is 0 Å². The molecule has 3 rings (SSSR count). The normalized spacial score (nSPS) is 19.2. The average molecular weight is 377 g/mol. The highest BCUT2D eigenvalue weighted by molar-refractivity contribution is 5.91. The first kappa shape index (κ1) is 19.9. The molecule has 2 aliphatic rings. The fourth-order valence-electron chi connectivity index (χ4n) is 4.14. The van der Waals surface area contributed by atoms with Crippen molar-refractivity contribution in [2.75, 3.05) is 38.0 Å². The number of nitrogens with one attached hydrogen (secondary N) is 1. The average Bonchev–Trinajstić information content (AvgIpc) is 3.07. The summed E-state index contributed by atoms with van der Waals surface area (Å²) in [5, 5.41) is 6.50. The number of carbonyl (C=O) groups is 2. The molecule has 1 aromatic rings. The summed E-state index contributed by atoms with van der Waals surface area (Å²) >= 11 is 0. The van der Waals surface area contributed by atoms with Gasteiger partial charge in [0.15, 0.2) is 5.82 Å². The molecule has 0 bridgehead atoms. The Morgan fingerprint density at radius 3 is 2.59 bits per heavy atom. The van der Waals surface area contributed by atoms with Crippen LogP contribution in [0, 0.1) is 12.8 Å². The highest BCUT2D eigenvalue weighted by atomic mass is 16.5. The van der Waals surface area contributed by atoms with Gasteiger partial charge < -0.3 is 14.7 Å². The molecule has 0 atom stereocenters. The standard InChI is InChI=1S/C20H32N4O3/c1-16-14-18(22-27-16)21-19(25)15-23-10-12-24(13-11-23)20(26)9-5-8-17-6-3-2-4-7-17/h14,17H,2-13,15H2,1H3,(H,21,22,25). The summed E-state index contributed by atoms with van der Waals surface area (Å²) in [7, 11) is 0. The lowest BCUT2D eigenvalue weighted by molar-refractivity contribution is -0.133. The van der Waals surface area contributed by atoms with Crippen LogP contribution in [0.1, 0.15) is 57.1 Å². The molecular formula is C20H32N4O3. The van der Waals surface area contributed by atoms with Gasteiger partial charge in [0.2, 0.25) is 11.8 Å². The van der Waals surface area contributed by atoms with E-state index in [0.717, 1.165) is 25.4 Å². The molecule has 27 heavy (non-hydrogen) atoms. The molecule has 2 amide bonds. The molecule has 0 spiro atoms. The fraction of sp³-hybridized carbons (Fsp3) is 0.750. The van der Waals surface area contributed by atoms with Crippen molar-refractivity contribution in [3.05, 3.63) is 11.8 Å². The van der Waals surface area contributed by atoms with Gasteiger partial charge in [-0.15, -0.1) is 0 Å². The first-order valence-electron chi connectivity index (χ1n) is 10.3. The topological polar surface area (TPSA) is 78.7 Å². The van der Waals surface area contributed by atoms with Gasteiger partial charge in [0.25, 0.3) is 0 Å². The van der Waals surface area contributed by atoms with E-state index in [0.29, 0.717) is 37.6 Å². The van der Waals surface area contributed by atoms with Gasteiger partial charge in [-0.05, 0) is 25.7 Å². The monoisotopic (exact) mass is 376 g/mol. The Kier molecular flexibility index (Phi) is 7.26. The van der Waals surface area contributed by atoms with E-state index in [-0.39, 0.29) is 11.8 Å². The molecule has 2 heterocycles. The van der Waals surface area contributed by atoms with E-state index in [1.54, 1.807) is 13.0 Å². The Balaban J connectivity index is 1.30. The summed E-state index contributed by atoms with van der Waals surface area (Å²) in [5.41, 5.74) is 0. The Bertz CT molecular complexity index is 616. The molecule has 1 saturated carbocycles. The van der Waals surface area contributed by atoms with Gasteiger partial charge in [0, 0.05) is 38.7 Å². The third-order valence-corrected chi connectivity index (χ3v) is 5.72. The number of amides is 2. The van der Waals surface area contributed by atoms with Crippen molar-refractivity contribution in [2.45, 2.75) is 58.3 Å². The van der Waals surface area contributed by atoms with Crippen LogP contribution in [0.5, 0.6) is 0 Å². The minimum atomic E-state index is -0.101. The molecule has 7 heteroatoms. The number of piperazine rings is 1. The van der Waals surface area contributed by atoms with Crippen molar-refractivity contribution in [3.8, 4) is 0 Å². The number of anilines is 1. The van der Waals surface area contributed by atoms with Crippen LogP contribution in [-0.2, 0) is 9.59 Å².